The van der Waals surface area contributed by atoms with Gasteiger partial charge in [0.1, 0.15) is 0 Å². The number of alkyl halides is 3. The van der Waals surface area contributed by atoms with E-state index in [0.717, 1.165) is 13.3 Å². The molecule has 3 unspecified atom stereocenters. The zero-order valence-corrected chi connectivity index (χ0v) is 9.47. The molecule has 0 radical (unpaired) electrons. The van der Waals surface area contributed by atoms with Crippen molar-refractivity contribution in [3.8, 4) is 0 Å². The van der Waals surface area contributed by atoms with E-state index in [-0.39, 0.29) is 6.04 Å². The lowest BCUT2D eigenvalue weighted by Gasteiger charge is -2.27. The molecule has 0 aromatic rings. The lowest BCUT2D eigenvalue weighted by Crippen LogP contribution is -2.42. The van der Waals surface area contributed by atoms with E-state index in [0.29, 0.717) is 12.8 Å². The summed E-state index contributed by atoms with van der Waals surface area (Å²) in [7, 11) is 0. The minimum Gasteiger partial charge on any atom is -0.364 e. The van der Waals surface area contributed by atoms with E-state index in [2.05, 4.69) is 0 Å². The van der Waals surface area contributed by atoms with Gasteiger partial charge in [-0.15, -0.1) is 0 Å². The first kappa shape index (κ1) is 14.7. The van der Waals surface area contributed by atoms with Gasteiger partial charge >= 0.3 is 6.18 Å². The Morgan fingerprint density at radius 3 is 2.13 bits per heavy atom. The second-order valence-electron chi connectivity index (χ2n) is 3.72. The zero-order valence-electron chi connectivity index (χ0n) is 9.47. The summed E-state index contributed by atoms with van der Waals surface area (Å²) in [4.78, 5) is 0. The van der Waals surface area contributed by atoms with Crippen LogP contribution in [0.5, 0.6) is 0 Å². The third-order valence-corrected chi connectivity index (χ3v) is 2.34. The maximum atomic E-state index is 12.2. The summed E-state index contributed by atoms with van der Waals surface area (Å²) in [5, 5.41) is 0. The number of nitrogens with two attached hydrogens (primary N) is 1. The van der Waals surface area contributed by atoms with Crippen molar-refractivity contribution in [3.05, 3.63) is 0 Å². The van der Waals surface area contributed by atoms with Gasteiger partial charge in [0.2, 0.25) is 0 Å². The first-order valence-electron chi connectivity index (χ1n) is 5.30. The van der Waals surface area contributed by atoms with Crippen LogP contribution in [0.4, 0.5) is 13.2 Å². The molecule has 0 aromatic carbocycles. The number of ether oxygens (including phenoxy) is 1. The van der Waals surface area contributed by atoms with Gasteiger partial charge in [-0.25, -0.2) is 0 Å². The minimum absolute atomic E-state index is 0.315. The van der Waals surface area contributed by atoms with Gasteiger partial charge in [0, 0.05) is 6.04 Å². The van der Waals surface area contributed by atoms with Gasteiger partial charge in [0.05, 0.1) is 6.10 Å². The van der Waals surface area contributed by atoms with Crippen LogP contribution in [-0.2, 0) is 4.74 Å². The molecule has 0 bridgehead atoms. The van der Waals surface area contributed by atoms with Crippen molar-refractivity contribution in [2.45, 2.75) is 64.5 Å². The summed E-state index contributed by atoms with van der Waals surface area (Å²) >= 11 is 0. The molecule has 0 aliphatic rings. The molecule has 0 rings (SSSR count). The van der Waals surface area contributed by atoms with E-state index in [1.54, 1.807) is 6.92 Å². The second-order valence-corrected chi connectivity index (χ2v) is 3.72. The number of rotatable bonds is 6. The summed E-state index contributed by atoms with van der Waals surface area (Å²) in [5.41, 5.74) is 5.74. The van der Waals surface area contributed by atoms with Gasteiger partial charge in [0.25, 0.3) is 0 Å². The molecule has 0 fully saturated rings. The quantitative estimate of drug-likeness (QED) is 0.757. The van der Waals surface area contributed by atoms with E-state index in [9.17, 15) is 13.2 Å². The molecule has 0 amide bonds. The predicted octanol–water partition coefficient (Wildman–Crippen LogP) is 2.86. The number of hydrogen-bond donors (Lipinski definition) is 1. The normalized spacial score (nSPS) is 18.6. The Balaban J connectivity index is 4.20. The van der Waals surface area contributed by atoms with Crippen molar-refractivity contribution < 1.29 is 17.9 Å². The van der Waals surface area contributed by atoms with Gasteiger partial charge in [-0.05, 0) is 19.8 Å². The van der Waals surface area contributed by atoms with Crippen LogP contribution >= 0.6 is 0 Å². The predicted molar refractivity (Wildman–Crippen MR) is 53.6 cm³/mol. The molecule has 3 atom stereocenters. The van der Waals surface area contributed by atoms with Gasteiger partial charge in [-0.2, -0.15) is 13.2 Å². The summed E-state index contributed by atoms with van der Waals surface area (Å²) in [5.74, 6) is 0. The Labute approximate surface area is 89.0 Å². The van der Waals surface area contributed by atoms with Gasteiger partial charge < -0.3 is 10.5 Å². The summed E-state index contributed by atoms with van der Waals surface area (Å²) in [6, 6.07) is -0.315. The highest BCUT2D eigenvalue weighted by molar-refractivity contribution is 4.74. The van der Waals surface area contributed by atoms with Crippen LogP contribution in [0, 0.1) is 0 Å². The Hall–Kier alpha value is -0.290. The summed E-state index contributed by atoms with van der Waals surface area (Å²) in [6.07, 6.45) is -4.53. The van der Waals surface area contributed by atoms with Crippen LogP contribution in [-0.4, -0.2) is 24.4 Å². The van der Waals surface area contributed by atoms with Gasteiger partial charge in [-0.3, -0.25) is 0 Å². The lowest BCUT2D eigenvalue weighted by atomic mass is 10.0. The molecule has 0 saturated carbocycles. The molecule has 0 aromatic heterocycles. The maximum Gasteiger partial charge on any atom is 0.414 e. The van der Waals surface area contributed by atoms with Gasteiger partial charge in [-0.1, -0.05) is 20.3 Å². The molecule has 0 aliphatic heterocycles. The van der Waals surface area contributed by atoms with Crippen LogP contribution in [0.2, 0.25) is 0 Å². The van der Waals surface area contributed by atoms with Crippen molar-refractivity contribution in [1.82, 2.24) is 0 Å². The standard InChI is InChI=1S/C10H20F3NO/c1-4-6-8(14)9(5-2)15-7(3)10(11,12)13/h7-9H,4-6,14H2,1-3H3. The average Bonchev–Trinajstić information content (AvgIpc) is 2.12. The van der Waals surface area contributed by atoms with Crippen LogP contribution in [0.15, 0.2) is 0 Å². The molecular formula is C10H20F3NO. The zero-order chi connectivity index (χ0) is 12.1. The number of halogens is 3. The fraction of sp³-hybridized carbons (Fsp3) is 1.00. The Morgan fingerprint density at radius 2 is 1.80 bits per heavy atom. The van der Waals surface area contributed by atoms with E-state index < -0.39 is 18.4 Å². The fourth-order valence-corrected chi connectivity index (χ4v) is 1.36. The molecule has 92 valence electrons. The van der Waals surface area contributed by atoms with Crippen molar-refractivity contribution >= 4 is 0 Å². The SMILES string of the molecule is CCCC(N)C(CC)OC(C)C(F)(F)F. The Morgan fingerprint density at radius 1 is 1.27 bits per heavy atom. The number of hydrogen-bond acceptors (Lipinski definition) is 2. The van der Waals surface area contributed by atoms with E-state index >= 15 is 0 Å². The molecule has 5 heteroatoms. The van der Waals surface area contributed by atoms with Crippen molar-refractivity contribution in [3.63, 3.8) is 0 Å². The summed E-state index contributed by atoms with van der Waals surface area (Å²) in [6.45, 7) is 4.74. The molecule has 2 N–H and O–H groups in total. The topological polar surface area (TPSA) is 35.2 Å². The van der Waals surface area contributed by atoms with E-state index in [4.69, 9.17) is 10.5 Å². The van der Waals surface area contributed by atoms with Gasteiger partial charge in [0.15, 0.2) is 6.10 Å². The third kappa shape index (κ3) is 5.37. The lowest BCUT2D eigenvalue weighted by molar-refractivity contribution is -0.229. The highest BCUT2D eigenvalue weighted by Gasteiger charge is 2.38. The van der Waals surface area contributed by atoms with Crippen molar-refractivity contribution in [1.29, 1.82) is 0 Å². The molecule has 0 heterocycles. The molecule has 2 nitrogen and oxygen atoms in total. The van der Waals surface area contributed by atoms with Crippen molar-refractivity contribution in [2.24, 2.45) is 5.73 Å². The first-order valence-corrected chi connectivity index (χ1v) is 5.30. The molecule has 0 saturated heterocycles. The highest BCUT2D eigenvalue weighted by Crippen LogP contribution is 2.24. The Kier molecular flexibility index (Phi) is 6.20. The first-order chi connectivity index (χ1) is 6.82. The fourth-order valence-electron chi connectivity index (χ4n) is 1.36. The van der Waals surface area contributed by atoms with Crippen LogP contribution in [0.3, 0.4) is 0 Å². The second kappa shape index (κ2) is 6.33. The average molecular weight is 227 g/mol. The van der Waals surface area contributed by atoms with Crippen LogP contribution in [0.25, 0.3) is 0 Å². The minimum atomic E-state index is -4.31. The monoisotopic (exact) mass is 227 g/mol. The summed E-state index contributed by atoms with van der Waals surface area (Å²) < 4.78 is 41.6. The molecule has 0 spiro atoms. The van der Waals surface area contributed by atoms with Crippen molar-refractivity contribution in [2.75, 3.05) is 0 Å². The molecular weight excluding hydrogens is 207 g/mol. The third-order valence-electron chi connectivity index (χ3n) is 2.34. The Bertz CT molecular complexity index is 173. The smallest absolute Gasteiger partial charge is 0.364 e. The molecule has 15 heavy (non-hydrogen) atoms. The largest absolute Gasteiger partial charge is 0.414 e. The van der Waals surface area contributed by atoms with Crippen LogP contribution < -0.4 is 5.73 Å². The van der Waals surface area contributed by atoms with E-state index in [1.165, 1.54) is 0 Å². The maximum absolute atomic E-state index is 12.2. The molecule has 0 aliphatic carbocycles. The van der Waals surface area contributed by atoms with E-state index in [1.807, 2.05) is 6.92 Å². The van der Waals surface area contributed by atoms with Crippen LogP contribution in [0.1, 0.15) is 40.0 Å². The highest BCUT2D eigenvalue weighted by atomic mass is 19.4.